The largest absolute Gasteiger partial charge is 0.466 e. The molecule has 0 rings (SSSR count). The molecule has 0 spiro atoms. The topological polar surface area (TPSA) is 52.6 Å². The molecule has 0 N–H and O–H groups in total. The minimum atomic E-state index is -0.581. The van der Waals surface area contributed by atoms with Gasteiger partial charge < -0.3 is 9.47 Å². The minimum absolute atomic E-state index is 0.226. The molecule has 4 heteroatoms. The lowest BCUT2D eigenvalue weighted by molar-refractivity contribution is -0.138. The van der Waals surface area contributed by atoms with Crippen LogP contribution < -0.4 is 0 Å². The normalized spacial score (nSPS) is 10.5. The number of methoxy groups -OCH3 is 2. The Morgan fingerprint density at radius 3 is 2.31 bits per heavy atom. The average Bonchev–Trinajstić information content (AvgIpc) is 2.15. The molecule has 0 aliphatic heterocycles. The molecule has 0 saturated heterocycles. The lowest BCUT2D eigenvalue weighted by Crippen LogP contribution is -2.07. The Balaban J connectivity index is 4.57. The number of allylic oxidation sites excluding steroid dienone is 1. The van der Waals surface area contributed by atoms with Crippen molar-refractivity contribution in [3.05, 3.63) is 24.3 Å². The lowest BCUT2D eigenvalue weighted by atomic mass is 10.2. The molecule has 0 radical (unpaired) electrons. The monoisotopic (exact) mass is 184 g/mol. The molecular weight excluding hydrogens is 172 g/mol. The third-order valence-corrected chi connectivity index (χ3v) is 1.31. The van der Waals surface area contributed by atoms with Crippen LogP contribution in [0.25, 0.3) is 0 Å². The molecule has 13 heavy (non-hydrogen) atoms. The smallest absolute Gasteiger partial charge is 0.334 e. The highest BCUT2D eigenvalue weighted by atomic mass is 16.5. The van der Waals surface area contributed by atoms with Crippen molar-refractivity contribution in [3.63, 3.8) is 0 Å². The predicted molar refractivity (Wildman–Crippen MR) is 46.9 cm³/mol. The standard InChI is InChI=1S/C9H12O4/c1-4-5-7(9(11)13-3)6-8(10)12-2/h4,6H,1,5H2,2-3H3/b7-6-. The van der Waals surface area contributed by atoms with E-state index in [1.807, 2.05) is 0 Å². The summed E-state index contributed by atoms with van der Waals surface area (Å²) in [6.45, 7) is 3.45. The number of rotatable bonds is 4. The van der Waals surface area contributed by atoms with Crippen LogP contribution in [0.1, 0.15) is 6.42 Å². The summed E-state index contributed by atoms with van der Waals surface area (Å²) in [7, 11) is 2.48. The van der Waals surface area contributed by atoms with E-state index < -0.39 is 11.9 Å². The Hall–Kier alpha value is -1.58. The molecule has 4 nitrogen and oxygen atoms in total. The van der Waals surface area contributed by atoms with Crippen LogP contribution in [0.5, 0.6) is 0 Å². The highest BCUT2D eigenvalue weighted by Crippen LogP contribution is 2.04. The van der Waals surface area contributed by atoms with Gasteiger partial charge in [0.1, 0.15) is 0 Å². The quantitative estimate of drug-likeness (QED) is 0.369. The number of hydrogen-bond acceptors (Lipinski definition) is 4. The highest BCUT2D eigenvalue weighted by Gasteiger charge is 2.09. The maximum absolute atomic E-state index is 11.0. The second-order valence-corrected chi connectivity index (χ2v) is 2.18. The first-order valence-electron chi connectivity index (χ1n) is 3.63. The van der Waals surface area contributed by atoms with Crippen molar-refractivity contribution in [2.24, 2.45) is 0 Å². The second-order valence-electron chi connectivity index (χ2n) is 2.18. The van der Waals surface area contributed by atoms with E-state index in [-0.39, 0.29) is 12.0 Å². The zero-order valence-corrected chi connectivity index (χ0v) is 7.70. The molecular formula is C9H12O4. The molecule has 0 aliphatic rings. The first kappa shape index (κ1) is 11.4. The van der Waals surface area contributed by atoms with E-state index >= 15 is 0 Å². The van der Waals surface area contributed by atoms with E-state index in [0.29, 0.717) is 0 Å². The zero-order chi connectivity index (χ0) is 10.3. The molecule has 0 aliphatic carbocycles. The Morgan fingerprint density at radius 1 is 1.31 bits per heavy atom. The number of carbonyl (C=O) groups is 2. The van der Waals surface area contributed by atoms with Gasteiger partial charge >= 0.3 is 11.9 Å². The van der Waals surface area contributed by atoms with Gasteiger partial charge in [0, 0.05) is 11.6 Å². The molecule has 0 bridgehead atoms. The van der Waals surface area contributed by atoms with E-state index in [1.165, 1.54) is 20.3 Å². The molecule has 0 fully saturated rings. The molecule has 72 valence electrons. The van der Waals surface area contributed by atoms with Gasteiger partial charge in [-0.25, -0.2) is 9.59 Å². The van der Waals surface area contributed by atoms with Gasteiger partial charge in [-0.05, 0) is 6.42 Å². The molecule has 0 aromatic carbocycles. The van der Waals surface area contributed by atoms with Crippen molar-refractivity contribution < 1.29 is 19.1 Å². The Kier molecular flexibility index (Phi) is 5.27. The van der Waals surface area contributed by atoms with Gasteiger partial charge in [-0.15, -0.1) is 6.58 Å². The minimum Gasteiger partial charge on any atom is -0.466 e. The molecule has 0 heterocycles. The van der Waals surface area contributed by atoms with Crippen molar-refractivity contribution in [2.45, 2.75) is 6.42 Å². The predicted octanol–water partition coefficient (Wildman–Crippen LogP) is 0.835. The van der Waals surface area contributed by atoms with E-state index in [9.17, 15) is 9.59 Å². The summed E-state index contributed by atoms with van der Waals surface area (Å²) in [6.07, 6.45) is 2.88. The Labute approximate surface area is 76.8 Å². The van der Waals surface area contributed by atoms with Gasteiger partial charge in [-0.3, -0.25) is 0 Å². The van der Waals surface area contributed by atoms with Crippen molar-refractivity contribution in [1.82, 2.24) is 0 Å². The van der Waals surface area contributed by atoms with Gasteiger partial charge in [-0.1, -0.05) is 6.08 Å². The lowest BCUT2D eigenvalue weighted by Gasteiger charge is -2.00. The summed E-state index contributed by atoms with van der Waals surface area (Å²) < 4.78 is 8.81. The second kappa shape index (κ2) is 5.99. The van der Waals surface area contributed by atoms with Crippen molar-refractivity contribution in [3.8, 4) is 0 Å². The van der Waals surface area contributed by atoms with Crippen LogP contribution in [0.15, 0.2) is 24.3 Å². The summed E-state index contributed by atoms with van der Waals surface area (Å²) in [6, 6.07) is 0. The van der Waals surface area contributed by atoms with Gasteiger partial charge in [-0.2, -0.15) is 0 Å². The van der Waals surface area contributed by atoms with Crippen molar-refractivity contribution >= 4 is 11.9 Å². The van der Waals surface area contributed by atoms with Gasteiger partial charge in [0.05, 0.1) is 14.2 Å². The first-order chi connectivity index (χ1) is 6.15. The van der Waals surface area contributed by atoms with E-state index in [2.05, 4.69) is 16.1 Å². The van der Waals surface area contributed by atoms with Crippen LogP contribution in [-0.2, 0) is 19.1 Å². The Morgan fingerprint density at radius 2 is 1.92 bits per heavy atom. The zero-order valence-electron chi connectivity index (χ0n) is 7.70. The summed E-state index contributed by atoms with van der Waals surface area (Å²) in [5.74, 6) is -1.13. The maximum Gasteiger partial charge on any atom is 0.334 e. The van der Waals surface area contributed by atoms with Crippen LogP contribution in [0.4, 0.5) is 0 Å². The summed E-state index contributed by atoms with van der Waals surface area (Å²) in [5, 5.41) is 0. The fourth-order valence-corrected chi connectivity index (χ4v) is 0.689. The van der Waals surface area contributed by atoms with Gasteiger partial charge in [0.25, 0.3) is 0 Å². The average molecular weight is 184 g/mol. The van der Waals surface area contributed by atoms with Crippen molar-refractivity contribution in [2.75, 3.05) is 14.2 Å². The number of carbonyl (C=O) groups excluding carboxylic acids is 2. The van der Waals surface area contributed by atoms with Crippen LogP contribution in [0.3, 0.4) is 0 Å². The van der Waals surface area contributed by atoms with E-state index in [0.717, 1.165) is 6.08 Å². The fraction of sp³-hybridized carbons (Fsp3) is 0.333. The van der Waals surface area contributed by atoms with Crippen LogP contribution in [0.2, 0.25) is 0 Å². The van der Waals surface area contributed by atoms with Gasteiger partial charge in [0.2, 0.25) is 0 Å². The van der Waals surface area contributed by atoms with Gasteiger partial charge in [0.15, 0.2) is 0 Å². The maximum atomic E-state index is 11.0. The molecule has 0 saturated carbocycles. The molecule has 0 unspecified atom stereocenters. The van der Waals surface area contributed by atoms with Crippen LogP contribution in [0, 0.1) is 0 Å². The number of ether oxygens (including phenoxy) is 2. The number of hydrogen-bond donors (Lipinski definition) is 0. The van der Waals surface area contributed by atoms with Crippen LogP contribution in [-0.4, -0.2) is 26.2 Å². The third kappa shape index (κ3) is 4.10. The van der Waals surface area contributed by atoms with Crippen molar-refractivity contribution in [1.29, 1.82) is 0 Å². The highest BCUT2D eigenvalue weighted by molar-refractivity contribution is 5.96. The molecule has 0 amide bonds. The molecule has 0 atom stereocenters. The SMILES string of the molecule is C=CC/C(=C/C(=O)OC)C(=O)OC. The summed E-state index contributed by atoms with van der Waals surface area (Å²) in [4.78, 5) is 21.8. The first-order valence-corrected chi connectivity index (χ1v) is 3.63. The summed E-state index contributed by atoms with van der Waals surface area (Å²) >= 11 is 0. The fourth-order valence-electron chi connectivity index (χ4n) is 0.689. The van der Waals surface area contributed by atoms with E-state index in [4.69, 9.17) is 0 Å². The third-order valence-electron chi connectivity index (χ3n) is 1.31. The van der Waals surface area contributed by atoms with E-state index in [1.54, 1.807) is 0 Å². The van der Waals surface area contributed by atoms with Crippen LogP contribution >= 0.6 is 0 Å². The molecule has 0 aromatic heterocycles. The summed E-state index contributed by atoms with van der Waals surface area (Å²) in [5.41, 5.74) is 0.226. The number of esters is 2. The molecule has 0 aromatic rings. The Bertz CT molecular complexity index is 240.